The lowest BCUT2D eigenvalue weighted by Crippen LogP contribution is -2.33. The molecule has 1 aliphatic carbocycles. The Morgan fingerprint density at radius 1 is 1.07 bits per heavy atom. The van der Waals surface area contributed by atoms with Crippen LogP contribution in [0.5, 0.6) is 0 Å². The Labute approximate surface area is 173 Å². The third kappa shape index (κ3) is 3.72. The molecule has 7 nitrogen and oxygen atoms in total. The maximum Gasteiger partial charge on any atom is 0.206 e. The molecule has 4 atom stereocenters. The molecule has 1 saturated carbocycles. The summed E-state index contributed by atoms with van der Waals surface area (Å²) in [6.07, 6.45) is 2.69. The molecular weight excluding hydrogens is 405 g/mol. The van der Waals surface area contributed by atoms with Gasteiger partial charge in [0.25, 0.3) is 0 Å². The van der Waals surface area contributed by atoms with Crippen LogP contribution in [0.25, 0.3) is 11.0 Å². The zero-order chi connectivity index (χ0) is 19.8. The predicted molar refractivity (Wildman–Crippen MR) is 108 cm³/mol. The zero-order valence-corrected chi connectivity index (χ0v) is 16.9. The van der Waals surface area contributed by atoms with E-state index >= 15 is 0 Å². The van der Waals surface area contributed by atoms with E-state index in [0.29, 0.717) is 27.0 Å². The highest BCUT2D eigenvalue weighted by molar-refractivity contribution is 6.42. The summed E-state index contributed by atoms with van der Waals surface area (Å²) in [5.74, 6) is 0.537. The van der Waals surface area contributed by atoms with Crippen LogP contribution in [0.3, 0.4) is 0 Å². The first-order chi connectivity index (χ1) is 13.5. The molecule has 2 heterocycles. The number of hydrogen-bond donors (Lipinski definition) is 4. The number of ether oxygens (including phenoxy) is 1. The summed E-state index contributed by atoms with van der Waals surface area (Å²) in [6, 6.07) is 3.62. The first-order valence-electron chi connectivity index (χ1n) is 9.75. The lowest BCUT2D eigenvalue weighted by Gasteiger charge is -2.23. The third-order valence-corrected chi connectivity index (χ3v) is 6.41. The van der Waals surface area contributed by atoms with Gasteiger partial charge >= 0.3 is 0 Å². The third-order valence-electron chi connectivity index (χ3n) is 5.69. The van der Waals surface area contributed by atoms with Crippen LogP contribution in [0.1, 0.15) is 44.8 Å². The second kappa shape index (κ2) is 8.34. The van der Waals surface area contributed by atoms with Gasteiger partial charge in [-0.3, -0.25) is 4.57 Å². The summed E-state index contributed by atoms with van der Waals surface area (Å²) in [6.45, 7) is -0.390. The van der Waals surface area contributed by atoms with E-state index in [-0.39, 0.29) is 12.6 Å². The standard InChI is InChI=1S/C19H25Cl2N3O4/c20-11-7-13-14(8-12(11)21)24(18-17(27)16(26)15(9-25)28-18)19(23-13)22-10-5-3-1-2-4-6-10/h7-8,10,15-18,25-27H,1-6,9H2,(H,22,23)/t15-,16-,17+,18-/m1/s1. The Bertz CT molecular complexity index is 838. The van der Waals surface area contributed by atoms with E-state index < -0.39 is 24.5 Å². The van der Waals surface area contributed by atoms with E-state index in [0.717, 1.165) is 25.7 Å². The van der Waals surface area contributed by atoms with Gasteiger partial charge in [0.05, 0.1) is 27.7 Å². The fraction of sp³-hybridized carbons (Fsp3) is 0.632. The highest BCUT2D eigenvalue weighted by atomic mass is 35.5. The number of benzene rings is 1. The quantitative estimate of drug-likeness (QED) is 0.557. The molecule has 4 rings (SSSR count). The minimum absolute atomic E-state index is 0.265. The fourth-order valence-corrected chi connectivity index (χ4v) is 4.47. The molecule has 0 radical (unpaired) electrons. The normalized spacial score (nSPS) is 29.3. The van der Waals surface area contributed by atoms with Crippen LogP contribution in [0, 0.1) is 0 Å². The Kier molecular flexibility index (Phi) is 6.01. The Morgan fingerprint density at radius 3 is 2.39 bits per heavy atom. The van der Waals surface area contributed by atoms with Crippen molar-refractivity contribution in [1.82, 2.24) is 9.55 Å². The average molecular weight is 430 g/mol. The van der Waals surface area contributed by atoms with Gasteiger partial charge in [0.15, 0.2) is 6.23 Å². The van der Waals surface area contributed by atoms with Crippen molar-refractivity contribution >= 4 is 40.2 Å². The van der Waals surface area contributed by atoms with E-state index in [1.54, 1.807) is 16.7 Å². The first kappa shape index (κ1) is 20.2. The van der Waals surface area contributed by atoms with Crippen molar-refractivity contribution in [2.24, 2.45) is 0 Å². The number of rotatable bonds is 4. The second-order valence-corrected chi connectivity index (χ2v) is 8.44. The SMILES string of the molecule is OC[C@H]1O[C@@H](n2c(NC3CCCCCC3)nc3cc(Cl)c(Cl)cc32)[C@@H](O)[C@@H]1O. The van der Waals surface area contributed by atoms with Crippen molar-refractivity contribution in [2.45, 2.75) is 69.1 Å². The molecule has 154 valence electrons. The summed E-state index contributed by atoms with van der Waals surface area (Å²) in [5, 5.41) is 34.5. The summed E-state index contributed by atoms with van der Waals surface area (Å²) in [7, 11) is 0. The highest BCUT2D eigenvalue weighted by Crippen LogP contribution is 2.38. The van der Waals surface area contributed by atoms with E-state index in [1.165, 1.54) is 12.8 Å². The van der Waals surface area contributed by atoms with Crippen molar-refractivity contribution in [3.05, 3.63) is 22.2 Å². The van der Waals surface area contributed by atoms with Crippen molar-refractivity contribution in [3.63, 3.8) is 0 Å². The van der Waals surface area contributed by atoms with Gasteiger partial charge in [-0.25, -0.2) is 4.98 Å². The van der Waals surface area contributed by atoms with Crippen molar-refractivity contribution in [1.29, 1.82) is 0 Å². The Morgan fingerprint density at radius 2 is 1.75 bits per heavy atom. The van der Waals surface area contributed by atoms with Crippen LogP contribution in [-0.2, 0) is 4.74 Å². The first-order valence-corrected chi connectivity index (χ1v) is 10.5. The summed E-state index contributed by atoms with van der Waals surface area (Å²) >= 11 is 12.4. The Balaban J connectivity index is 1.76. The number of aliphatic hydroxyl groups excluding tert-OH is 3. The molecule has 2 fully saturated rings. The smallest absolute Gasteiger partial charge is 0.206 e. The number of anilines is 1. The maximum atomic E-state index is 10.6. The molecule has 2 aromatic rings. The van der Waals surface area contributed by atoms with Crippen LogP contribution < -0.4 is 5.32 Å². The molecule has 4 N–H and O–H groups in total. The number of halogens is 2. The van der Waals surface area contributed by atoms with Gasteiger partial charge in [-0.05, 0) is 25.0 Å². The van der Waals surface area contributed by atoms with Crippen LogP contribution >= 0.6 is 23.2 Å². The van der Waals surface area contributed by atoms with Gasteiger partial charge in [0.2, 0.25) is 5.95 Å². The molecule has 1 aliphatic heterocycles. The van der Waals surface area contributed by atoms with Gasteiger partial charge in [0, 0.05) is 6.04 Å². The minimum atomic E-state index is -1.21. The highest BCUT2D eigenvalue weighted by Gasteiger charge is 2.44. The number of aromatic nitrogens is 2. The maximum absolute atomic E-state index is 10.6. The van der Waals surface area contributed by atoms with Crippen molar-refractivity contribution < 1.29 is 20.1 Å². The number of nitrogens with zero attached hydrogens (tertiary/aromatic N) is 2. The molecule has 0 bridgehead atoms. The number of aliphatic hydroxyl groups is 3. The molecule has 0 amide bonds. The van der Waals surface area contributed by atoms with E-state index in [9.17, 15) is 15.3 Å². The predicted octanol–water partition coefficient (Wildman–Crippen LogP) is 3.09. The summed E-state index contributed by atoms with van der Waals surface area (Å²) < 4.78 is 7.48. The molecule has 2 aliphatic rings. The molecule has 1 aromatic carbocycles. The second-order valence-electron chi connectivity index (χ2n) is 7.62. The monoisotopic (exact) mass is 429 g/mol. The zero-order valence-electron chi connectivity index (χ0n) is 15.4. The Hall–Kier alpha value is -1.09. The van der Waals surface area contributed by atoms with Crippen LogP contribution in [0.15, 0.2) is 12.1 Å². The van der Waals surface area contributed by atoms with Gasteiger partial charge in [0.1, 0.15) is 18.3 Å². The summed E-state index contributed by atoms with van der Waals surface area (Å²) in [4.78, 5) is 4.67. The molecule has 9 heteroatoms. The number of imidazole rings is 1. The molecular formula is C19H25Cl2N3O4. The summed E-state index contributed by atoms with van der Waals surface area (Å²) in [5.41, 5.74) is 1.25. The van der Waals surface area contributed by atoms with Gasteiger partial charge in [-0.1, -0.05) is 48.9 Å². The van der Waals surface area contributed by atoms with Crippen LogP contribution in [-0.4, -0.2) is 55.8 Å². The molecule has 0 spiro atoms. The van der Waals surface area contributed by atoms with Crippen molar-refractivity contribution in [3.8, 4) is 0 Å². The van der Waals surface area contributed by atoms with E-state index in [4.69, 9.17) is 27.9 Å². The average Bonchev–Trinajstić information content (AvgIpc) is 3.00. The van der Waals surface area contributed by atoms with E-state index in [2.05, 4.69) is 10.3 Å². The van der Waals surface area contributed by atoms with Crippen LogP contribution in [0.2, 0.25) is 10.0 Å². The minimum Gasteiger partial charge on any atom is -0.394 e. The molecule has 1 saturated heterocycles. The van der Waals surface area contributed by atoms with Crippen molar-refractivity contribution in [2.75, 3.05) is 11.9 Å². The van der Waals surface area contributed by atoms with E-state index in [1.807, 2.05) is 0 Å². The number of fused-ring (bicyclic) bond motifs is 1. The molecule has 0 unspecified atom stereocenters. The number of nitrogens with one attached hydrogen (secondary N) is 1. The van der Waals surface area contributed by atoms with Crippen LogP contribution in [0.4, 0.5) is 5.95 Å². The fourth-order valence-electron chi connectivity index (χ4n) is 4.15. The molecule has 1 aromatic heterocycles. The van der Waals surface area contributed by atoms with Gasteiger partial charge in [-0.15, -0.1) is 0 Å². The van der Waals surface area contributed by atoms with Gasteiger partial charge < -0.3 is 25.4 Å². The number of hydrogen-bond acceptors (Lipinski definition) is 6. The molecule has 28 heavy (non-hydrogen) atoms. The van der Waals surface area contributed by atoms with Gasteiger partial charge in [-0.2, -0.15) is 0 Å². The topological polar surface area (TPSA) is 99.8 Å². The lowest BCUT2D eigenvalue weighted by atomic mass is 10.1. The largest absolute Gasteiger partial charge is 0.394 e. The lowest BCUT2D eigenvalue weighted by molar-refractivity contribution is -0.0499.